The number of rotatable bonds is 7. The standard InChI is InChI=1S/C14H24N4O/c1-10(2)18(3)8-4-7-17-13-6-5-11(15)9-12(13)14(16)19/h5-6,9-10,17H,4,7-8,15H2,1-3H3,(H2,16,19). The number of benzene rings is 1. The zero-order valence-electron chi connectivity index (χ0n) is 11.9. The summed E-state index contributed by atoms with van der Waals surface area (Å²) in [5, 5.41) is 3.23. The van der Waals surface area contributed by atoms with Gasteiger partial charge in [-0.2, -0.15) is 0 Å². The Balaban J connectivity index is 2.52. The number of carbonyl (C=O) groups excluding carboxylic acids is 1. The Kier molecular flexibility index (Phi) is 5.63. The first kappa shape index (κ1) is 15.3. The largest absolute Gasteiger partial charge is 0.399 e. The van der Waals surface area contributed by atoms with Crippen LogP contribution >= 0.6 is 0 Å². The molecule has 0 fully saturated rings. The van der Waals surface area contributed by atoms with E-state index in [4.69, 9.17) is 11.5 Å². The molecule has 0 aliphatic rings. The van der Waals surface area contributed by atoms with Gasteiger partial charge in [0.2, 0.25) is 0 Å². The van der Waals surface area contributed by atoms with Crippen molar-refractivity contribution in [3.8, 4) is 0 Å². The molecule has 0 spiro atoms. The van der Waals surface area contributed by atoms with E-state index in [9.17, 15) is 4.79 Å². The van der Waals surface area contributed by atoms with Crippen molar-refractivity contribution in [1.82, 2.24) is 4.90 Å². The zero-order chi connectivity index (χ0) is 14.4. The SMILES string of the molecule is CC(C)N(C)CCCNc1ccc(N)cc1C(N)=O. The van der Waals surface area contributed by atoms with E-state index in [1.165, 1.54) is 0 Å². The first-order chi connectivity index (χ1) is 8.91. The van der Waals surface area contributed by atoms with E-state index in [2.05, 4.69) is 31.1 Å². The normalized spacial score (nSPS) is 11.0. The Hall–Kier alpha value is -1.75. The fourth-order valence-corrected chi connectivity index (χ4v) is 1.73. The summed E-state index contributed by atoms with van der Waals surface area (Å²) in [6, 6.07) is 5.69. The summed E-state index contributed by atoms with van der Waals surface area (Å²) in [6.07, 6.45) is 0.997. The summed E-state index contributed by atoms with van der Waals surface area (Å²) in [5.74, 6) is -0.464. The topological polar surface area (TPSA) is 84.4 Å². The lowest BCUT2D eigenvalue weighted by atomic mass is 10.1. The first-order valence-electron chi connectivity index (χ1n) is 6.55. The minimum Gasteiger partial charge on any atom is -0.399 e. The van der Waals surface area contributed by atoms with E-state index >= 15 is 0 Å². The van der Waals surface area contributed by atoms with Crippen molar-refractivity contribution in [3.05, 3.63) is 23.8 Å². The van der Waals surface area contributed by atoms with Gasteiger partial charge in [0.05, 0.1) is 5.56 Å². The minimum atomic E-state index is -0.464. The number of hydrogen-bond donors (Lipinski definition) is 3. The summed E-state index contributed by atoms with van der Waals surface area (Å²) >= 11 is 0. The summed E-state index contributed by atoms with van der Waals surface area (Å²) in [5.41, 5.74) is 12.7. The van der Waals surface area contributed by atoms with Gasteiger partial charge in [0, 0.05) is 24.0 Å². The molecule has 0 saturated heterocycles. The molecule has 0 bridgehead atoms. The van der Waals surface area contributed by atoms with Crippen LogP contribution in [0.5, 0.6) is 0 Å². The minimum absolute atomic E-state index is 0.442. The molecule has 0 unspecified atom stereocenters. The maximum Gasteiger partial charge on any atom is 0.250 e. The monoisotopic (exact) mass is 264 g/mol. The molecule has 106 valence electrons. The van der Waals surface area contributed by atoms with Crippen LogP contribution in [0, 0.1) is 0 Å². The van der Waals surface area contributed by atoms with Crippen LogP contribution in [0.1, 0.15) is 30.6 Å². The average Bonchev–Trinajstić information content (AvgIpc) is 2.35. The highest BCUT2D eigenvalue weighted by molar-refractivity contribution is 5.99. The molecule has 0 radical (unpaired) electrons. The molecule has 0 saturated carbocycles. The highest BCUT2D eigenvalue weighted by atomic mass is 16.1. The van der Waals surface area contributed by atoms with Crippen molar-refractivity contribution in [2.75, 3.05) is 31.2 Å². The maximum absolute atomic E-state index is 11.3. The van der Waals surface area contributed by atoms with Crippen molar-refractivity contribution >= 4 is 17.3 Å². The summed E-state index contributed by atoms with van der Waals surface area (Å²) in [7, 11) is 2.10. The fourth-order valence-electron chi connectivity index (χ4n) is 1.73. The van der Waals surface area contributed by atoms with Gasteiger partial charge in [-0.3, -0.25) is 4.79 Å². The number of nitrogens with two attached hydrogens (primary N) is 2. The Morgan fingerprint density at radius 2 is 2.11 bits per heavy atom. The Morgan fingerprint density at radius 1 is 1.42 bits per heavy atom. The molecular weight excluding hydrogens is 240 g/mol. The van der Waals surface area contributed by atoms with Crippen molar-refractivity contribution in [2.24, 2.45) is 5.73 Å². The van der Waals surface area contributed by atoms with Crippen LogP contribution in [0.15, 0.2) is 18.2 Å². The molecule has 19 heavy (non-hydrogen) atoms. The molecule has 1 rings (SSSR count). The van der Waals surface area contributed by atoms with Gasteiger partial charge in [-0.25, -0.2) is 0 Å². The quantitative estimate of drug-likeness (QED) is 0.515. The van der Waals surface area contributed by atoms with Crippen molar-refractivity contribution < 1.29 is 4.79 Å². The molecule has 1 aromatic rings. The second-order valence-electron chi connectivity index (χ2n) is 5.02. The van der Waals surface area contributed by atoms with Crippen LogP contribution in [-0.4, -0.2) is 37.0 Å². The number of nitrogen functional groups attached to an aromatic ring is 1. The number of amides is 1. The molecule has 1 amide bonds. The van der Waals surface area contributed by atoms with Gasteiger partial charge in [0.1, 0.15) is 0 Å². The van der Waals surface area contributed by atoms with Gasteiger partial charge in [-0.1, -0.05) is 0 Å². The Labute approximate surface area is 115 Å². The zero-order valence-corrected chi connectivity index (χ0v) is 11.9. The molecule has 5 nitrogen and oxygen atoms in total. The number of anilines is 2. The van der Waals surface area contributed by atoms with E-state index in [0.717, 1.165) is 25.2 Å². The number of nitrogens with zero attached hydrogens (tertiary/aromatic N) is 1. The summed E-state index contributed by atoms with van der Waals surface area (Å²) in [4.78, 5) is 13.6. The van der Waals surface area contributed by atoms with Gasteiger partial charge >= 0.3 is 0 Å². The first-order valence-corrected chi connectivity index (χ1v) is 6.55. The average molecular weight is 264 g/mol. The van der Waals surface area contributed by atoms with Gasteiger partial charge in [-0.15, -0.1) is 0 Å². The number of primary amides is 1. The van der Waals surface area contributed by atoms with Crippen LogP contribution in [0.2, 0.25) is 0 Å². The van der Waals surface area contributed by atoms with E-state index in [1.54, 1.807) is 18.2 Å². The molecular formula is C14H24N4O. The summed E-state index contributed by atoms with van der Waals surface area (Å²) < 4.78 is 0. The van der Waals surface area contributed by atoms with Gasteiger partial charge in [0.25, 0.3) is 5.91 Å². The van der Waals surface area contributed by atoms with Crippen molar-refractivity contribution in [1.29, 1.82) is 0 Å². The second kappa shape index (κ2) is 6.99. The third kappa shape index (κ3) is 4.79. The number of hydrogen-bond acceptors (Lipinski definition) is 4. The molecule has 0 atom stereocenters. The molecule has 5 heteroatoms. The summed E-state index contributed by atoms with van der Waals surface area (Å²) in [6.45, 7) is 6.13. The van der Waals surface area contributed by atoms with Crippen LogP contribution in [0.25, 0.3) is 0 Å². The Bertz CT molecular complexity index is 431. The smallest absolute Gasteiger partial charge is 0.250 e. The number of carbonyl (C=O) groups is 1. The van der Waals surface area contributed by atoms with Crippen LogP contribution in [-0.2, 0) is 0 Å². The molecule has 0 aromatic heterocycles. The Morgan fingerprint density at radius 3 is 2.68 bits per heavy atom. The molecule has 0 heterocycles. The van der Waals surface area contributed by atoms with Crippen molar-refractivity contribution in [3.63, 3.8) is 0 Å². The van der Waals surface area contributed by atoms with E-state index < -0.39 is 5.91 Å². The van der Waals surface area contributed by atoms with E-state index in [-0.39, 0.29) is 0 Å². The predicted molar refractivity (Wildman–Crippen MR) is 80.2 cm³/mol. The third-order valence-corrected chi connectivity index (χ3v) is 3.19. The van der Waals surface area contributed by atoms with Gasteiger partial charge in [-0.05, 0) is 52.1 Å². The van der Waals surface area contributed by atoms with E-state index in [0.29, 0.717) is 17.3 Å². The second-order valence-corrected chi connectivity index (χ2v) is 5.02. The number of nitrogens with one attached hydrogen (secondary N) is 1. The van der Waals surface area contributed by atoms with E-state index in [1.807, 2.05) is 0 Å². The molecule has 0 aliphatic carbocycles. The third-order valence-electron chi connectivity index (χ3n) is 3.19. The van der Waals surface area contributed by atoms with Crippen LogP contribution in [0.4, 0.5) is 11.4 Å². The molecule has 1 aromatic carbocycles. The molecule has 5 N–H and O–H groups in total. The fraction of sp³-hybridized carbons (Fsp3) is 0.500. The lowest BCUT2D eigenvalue weighted by Gasteiger charge is -2.21. The van der Waals surface area contributed by atoms with Gasteiger partial charge in [0.15, 0.2) is 0 Å². The highest BCUT2D eigenvalue weighted by Gasteiger charge is 2.08. The molecule has 0 aliphatic heterocycles. The van der Waals surface area contributed by atoms with Gasteiger partial charge < -0.3 is 21.7 Å². The van der Waals surface area contributed by atoms with Crippen LogP contribution in [0.3, 0.4) is 0 Å². The lowest BCUT2D eigenvalue weighted by Crippen LogP contribution is -2.28. The highest BCUT2D eigenvalue weighted by Crippen LogP contribution is 2.18. The van der Waals surface area contributed by atoms with Crippen LogP contribution < -0.4 is 16.8 Å². The predicted octanol–water partition coefficient (Wildman–Crippen LogP) is 1.51. The lowest BCUT2D eigenvalue weighted by molar-refractivity contribution is 0.100. The van der Waals surface area contributed by atoms with Crippen molar-refractivity contribution in [2.45, 2.75) is 26.3 Å². The maximum atomic E-state index is 11.3.